The number of benzene rings is 1. The molecule has 0 bridgehead atoms. The maximum Gasteiger partial charge on any atom is 0.253 e. The Kier molecular flexibility index (Phi) is 5.53. The van der Waals surface area contributed by atoms with E-state index < -0.39 is 0 Å². The van der Waals surface area contributed by atoms with Gasteiger partial charge in [0.15, 0.2) is 0 Å². The van der Waals surface area contributed by atoms with Crippen molar-refractivity contribution in [3.05, 3.63) is 59.1 Å². The number of aromatic hydroxyl groups is 1. The molecule has 146 valence electrons. The van der Waals surface area contributed by atoms with Crippen molar-refractivity contribution in [1.82, 2.24) is 19.4 Å². The largest absolute Gasteiger partial charge is 0.494 e. The quantitative estimate of drug-likeness (QED) is 0.661. The molecule has 1 aromatic carbocycles. The Bertz CT molecular complexity index is 981. The molecule has 28 heavy (non-hydrogen) atoms. The Morgan fingerprint density at radius 3 is 2.43 bits per heavy atom. The predicted octanol–water partition coefficient (Wildman–Crippen LogP) is 2.10. The van der Waals surface area contributed by atoms with E-state index >= 15 is 0 Å². The summed E-state index contributed by atoms with van der Waals surface area (Å²) in [4.78, 5) is 25.6. The lowest BCUT2D eigenvalue weighted by molar-refractivity contribution is 0.249. The van der Waals surface area contributed by atoms with Crippen LogP contribution in [-0.4, -0.2) is 57.3 Å². The SMILES string of the molecule is O=c1cc2ccccc2c(O)n1CCCCN1CCN(c2ncccn2)CC1. The van der Waals surface area contributed by atoms with Crippen molar-refractivity contribution in [3.63, 3.8) is 0 Å². The van der Waals surface area contributed by atoms with Crippen LogP contribution in [0.4, 0.5) is 5.95 Å². The molecule has 3 heterocycles. The number of fused-ring (bicyclic) bond motifs is 1. The van der Waals surface area contributed by atoms with Crippen LogP contribution in [0.15, 0.2) is 53.6 Å². The fourth-order valence-electron chi connectivity index (χ4n) is 3.73. The zero-order valence-corrected chi connectivity index (χ0v) is 15.9. The van der Waals surface area contributed by atoms with Gasteiger partial charge in [-0.1, -0.05) is 18.2 Å². The average molecular weight is 379 g/mol. The van der Waals surface area contributed by atoms with E-state index in [1.165, 1.54) is 4.57 Å². The van der Waals surface area contributed by atoms with Gasteiger partial charge in [0.1, 0.15) is 0 Å². The van der Waals surface area contributed by atoms with Crippen LogP contribution < -0.4 is 10.5 Å². The normalized spacial score (nSPS) is 15.2. The molecule has 0 aliphatic carbocycles. The molecule has 2 aromatic heterocycles. The van der Waals surface area contributed by atoms with Crippen molar-refractivity contribution >= 4 is 16.7 Å². The first kappa shape index (κ1) is 18.4. The van der Waals surface area contributed by atoms with Crippen LogP contribution in [0.25, 0.3) is 10.8 Å². The first-order valence-electron chi connectivity index (χ1n) is 9.78. The molecule has 1 fully saturated rings. The summed E-state index contributed by atoms with van der Waals surface area (Å²) in [7, 11) is 0. The summed E-state index contributed by atoms with van der Waals surface area (Å²) in [5.41, 5.74) is -0.146. The molecule has 0 spiro atoms. The lowest BCUT2D eigenvalue weighted by Crippen LogP contribution is -2.47. The molecule has 0 saturated carbocycles. The monoisotopic (exact) mass is 379 g/mol. The Balaban J connectivity index is 1.27. The van der Waals surface area contributed by atoms with Crippen molar-refractivity contribution in [2.75, 3.05) is 37.6 Å². The Labute approximate surface area is 163 Å². The molecular weight excluding hydrogens is 354 g/mol. The maximum absolute atomic E-state index is 12.3. The van der Waals surface area contributed by atoms with Crippen molar-refractivity contribution < 1.29 is 5.11 Å². The van der Waals surface area contributed by atoms with Crippen molar-refractivity contribution in [1.29, 1.82) is 0 Å². The van der Waals surface area contributed by atoms with E-state index in [1.54, 1.807) is 18.5 Å². The lowest BCUT2D eigenvalue weighted by Gasteiger charge is -2.34. The second kappa shape index (κ2) is 8.39. The second-order valence-corrected chi connectivity index (χ2v) is 7.13. The summed E-state index contributed by atoms with van der Waals surface area (Å²) in [6, 6.07) is 10.9. The van der Waals surface area contributed by atoms with Crippen LogP contribution >= 0.6 is 0 Å². The van der Waals surface area contributed by atoms with E-state index in [-0.39, 0.29) is 11.4 Å². The van der Waals surface area contributed by atoms with Crippen LogP contribution in [0.2, 0.25) is 0 Å². The fourth-order valence-corrected chi connectivity index (χ4v) is 3.73. The van der Waals surface area contributed by atoms with Crippen molar-refractivity contribution in [2.24, 2.45) is 0 Å². The number of hydrogen-bond donors (Lipinski definition) is 1. The molecule has 7 nitrogen and oxygen atoms in total. The molecule has 1 aliphatic heterocycles. The summed E-state index contributed by atoms with van der Waals surface area (Å²) in [6.45, 7) is 5.35. The molecule has 1 saturated heterocycles. The van der Waals surface area contributed by atoms with Crippen molar-refractivity contribution in [3.8, 4) is 5.88 Å². The summed E-state index contributed by atoms with van der Waals surface area (Å²) < 4.78 is 1.48. The number of unbranched alkanes of at least 4 members (excludes halogenated alkanes) is 1. The van der Waals surface area contributed by atoms with Crippen molar-refractivity contribution in [2.45, 2.75) is 19.4 Å². The molecule has 1 N–H and O–H groups in total. The Morgan fingerprint density at radius 2 is 1.64 bits per heavy atom. The van der Waals surface area contributed by atoms with Gasteiger partial charge in [-0.05, 0) is 36.9 Å². The van der Waals surface area contributed by atoms with Crippen LogP contribution in [-0.2, 0) is 6.54 Å². The minimum Gasteiger partial charge on any atom is -0.494 e. The van der Waals surface area contributed by atoms with E-state index in [9.17, 15) is 9.90 Å². The summed E-state index contributed by atoms with van der Waals surface area (Å²) in [6.07, 6.45) is 5.39. The highest BCUT2D eigenvalue weighted by Crippen LogP contribution is 2.22. The highest BCUT2D eigenvalue weighted by atomic mass is 16.3. The maximum atomic E-state index is 12.3. The van der Waals surface area contributed by atoms with Gasteiger partial charge in [-0.15, -0.1) is 0 Å². The van der Waals surface area contributed by atoms with Gasteiger partial charge in [-0.2, -0.15) is 0 Å². The zero-order chi connectivity index (χ0) is 19.3. The molecule has 0 unspecified atom stereocenters. The highest BCUT2D eigenvalue weighted by molar-refractivity contribution is 5.86. The van der Waals surface area contributed by atoms with Gasteiger partial charge in [-0.25, -0.2) is 9.97 Å². The smallest absolute Gasteiger partial charge is 0.253 e. The molecule has 7 heteroatoms. The first-order valence-corrected chi connectivity index (χ1v) is 9.78. The number of aromatic nitrogens is 3. The van der Waals surface area contributed by atoms with Crippen LogP contribution in [0.1, 0.15) is 12.8 Å². The highest BCUT2D eigenvalue weighted by Gasteiger charge is 2.18. The second-order valence-electron chi connectivity index (χ2n) is 7.13. The van der Waals surface area contributed by atoms with Gasteiger partial charge in [0.25, 0.3) is 5.56 Å². The number of anilines is 1. The van der Waals surface area contributed by atoms with E-state index in [0.29, 0.717) is 6.54 Å². The Hall–Kier alpha value is -2.93. The minimum atomic E-state index is -0.146. The molecule has 0 atom stereocenters. The summed E-state index contributed by atoms with van der Waals surface area (Å²) >= 11 is 0. The third-order valence-corrected chi connectivity index (χ3v) is 5.32. The van der Waals surface area contributed by atoms with Gasteiger partial charge < -0.3 is 10.0 Å². The van der Waals surface area contributed by atoms with Crippen LogP contribution in [0, 0.1) is 0 Å². The first-order chi connectivity index (χ1) is 13.7. The lowest BCUT2D eigenvalue weighted by atomic mass is 10.1. The standard InChI is InChI=1S/C21H25N5O2/c27-19-16-17-6-1-2-7-18(17)20(28)26(19)11-4-3-10-24-12-14-25(15-13-24)21-22-8-5-9-23-21/h1-2,5-9,16,28H,3-4,10-15H2. The molecular formula is C21H25N5O2. The molecule has 0 radical (unpaired) electrons. The topological polar surface area (TPSA) is 74.5 Å². The third-order valence-electron chi connectivity index (χ3n) is 5.32. The van der Waals surface area contributed by atoms with E-state index in [4.69, 9.17) is 0 Å². The van der Waals surface area contributed by atoms with Gasteiger partial charge in [0.2, 0.25) is 11.8 Å². The van der Waals surface area contributed by atoms with Crippen LogP contribution in [0.3, 0.4) is 0 Å². The van der Waals surface area contributed by atoms with E-state index in [2.05, 4.69) is 19.8 Å². The Morgan fingerprint density at radius 1 is 0.929 bits per heavy atom. The molecule has 1 aliphatic rings. The number of piperazine rings is 1. The fraction of sp³-hybridized carbons (Fsp3) is 0.381. The van der Waals surface area contributed by atoms with Gasteiger partial charge in [0, 0.05) is 56.6 Å². The van der Waals surface area contributed by atoms with Gasteiger partial charge >= 0.3 is 0 Å². The number of hydrogen-bond acceptors (Lipinski definition) is 6. The molecule has 3 aromatic rings. The van der Waals surface area contributed by atoms with Crippen LogP contribution in [0.5, 0.6) is 5.88 Å². The van der Waals surface area contributed by atoms with E-state index in [1.807, 2.05) is 30.3 Å². The molecule has 4 rings (SSSR count). The van der Waals surface area contributed by atoms with Gasteiger partial charge in [0.05, 0.1) is 0 Å². The third kappa shape index (κ3) is 3.99. The summed E-state index contributed by atoms with van der Waals surface area (Å²) in [5, 5.41) is 12.0. The number of pyridine rings is 1. The van der Waals surface area contributed by atoms with Gasteiger partial charge in [-0.3, -0.25) is 14.3 Å². The average Bonchev–Trinajstić information content (AvgIpc) is 2.74. The zero-order valence-electron chi connectivity index (χ0n) is 15.9. The molecule has 0 amide bonds. The number of nitrogens with zero attached hydrogens (tertiary/aromatic N) is 5. The number of rotatable bonds is 6. The predicted molar refractivity (Wildman–Crippen MR) is 110 cm³/mol. The van der Waals surface area contributed by atoms with E-state index in [0.717, 1.165) is 62.3 Å². The minimum absolute atomic E-state index is 0.0691. The summed E-state index contributed by atoms with van der Waals surface area (Å²) in [5.74, 6) is 0.868.